The lowest BCUT2D eigenvalue weighted by Gasteiger charge is -2.19. The van der Waals surface area contributed by atoms with Crippen molar-refractivity contribution in [2.75, 3.05) is 37.5 Å². The fraction of sp³-hybridized carbons (Fsp3) is 0.500. The Morgan fingerprint density at radius 1 is 1.15 bits per heavy atom. The Balaban J connectivity index is 1.90. The van der Waals surface area contributed by atoms with Crippen molar-refractivity contribution in [1.82, 2.24) is 19.5 Å². The maximum atomic E-state index is 4.53. The van der Waals surface area contributed by atoms with Crippen molar-refractivity contribution in [3.8, 4) is 0 Å². The molecule has 6 heteroatoms. The monoisotopic (exact) mass is 274 g/mol. The molecule has 0 aliphatic heterocycles. The molecule has 6 nitrogen and oxygen atoms in total. The molecule has 0 fully saturated rings. The molecule has 0 aliphatic carbocycles. The summed E-state index contributed by atoms with van der Waals surface area (Å²) in [6.45, 7) is 3.89. The second-order valence-electron chi connectivity index (χ2n) is 5.05. The van der Waals surface area contributed by atoms with Crippen LogP contribution in [0.3, 0.4) is 0 Å². The predicted octanol–water partition coefficient (Wildman–Crippen LogP) is 1.57. The van der Waals surface area contributed by atoms with Crippen LogP contribution in [0.2, 0.25) is 0 Å². The zero-order valence-electron chi connectivity index (χ0n) is 12.6. The molecular weight excluding hydrogens is 252 g/mol. The fourth-order valence-electron chi connectivity index (χ4n) is 1.99. The standard InChI is InChI=1S/C14H22N6/c1-12-15-8-11-20(12)10-5-9-19(4)14-16-7-6-13(17-14)18(2)3/h6-8,11H,5,9-10H2,1-4H3. The zero-order chi connectivity index (χ0) is 14.5. The molecule has 0 atom stereocenters. The number of hydrogen-bond acceptors (Lipinski definition) is 5. The van der Waals surface area contributed by atoms with Gasteiger partial charge >= 0.3 is 0 Å². The highest BCUT2D eigenvalue weighted by Gasteiger charge is 2.06. The van der Waals surface area contributed by atoms with E-state index in [9.17, 15) is 0 Å². The number of hydrogen-bond donors (Lipinski definition) is 0. The summed E-state index contributed by atoms with van der Waals surface area (Å²) in [6.07, 6.45) is 6.68. The highest BCUT2D eigenvalue weighted by Crippen LogP contribution is 2.12. The Morgan fingerprint density at radius 3 is 2.60 bits per heavy atom. The molecule has 0 N–H and O–H groups in total. The van der Waals surface area contributed by atoms with Crippen molar-refractivity contribution in [2.24, 2.45) is 0 Å². The summed E-state index contributed by atoms with van der Waals surface area (Å²) in [5, 5.41) is 0. The molecule has 2 heterocycles. The lowest BCUT2D eigenvalue weighted by molar-refractivity contribution is 0.619. The van der Waals surface area contributed by atoms with Crippen LogP contribution in [0.4, 0.5) is 11.8 Å². The zero-order valence-corrected chi connectivity index (χ0v) is 12.6. The molecule has 0 unspecified atom stereocenters. The third-order valence-corrected chi connectivity index (χ3v) is 3.24. The van der Waals surface area contributed by atoms with Gasteiger partial charge in [0.05, 0.1) is 0 Å². The summed E-state index contributed by atoms with van der Waals surface area (Å²) in [5.41, 5.74) is 0. The minimum atomic E-state index is 0.763. The molecule has 108 valence electrons. The highest BCUT2D eigenvalue weighted by atomic mass is 15.3. The average molecular weight is 274 g/mol. The number of aromatic nitrogens is 4. The molecule has 20 heavy (non-hydrogen) atoms. The molecule has 0 saturated heterocycles. The summed E-state index contributed by atoms with van der Waals surface area (Å²) < 4.78 is 2.16. The van der Waals surface area contributed by atoms with E-state index in [1.807, 2.05) is 51.4 Å². The topological polar surface area (TPSA) is 50.1 Å². The van der Waals surface area contributed by atoms with Crippen molar-refractivity contribution in [2.45, 2.75) is 19.9 Å². The average Bonchev–Trinajstić information content (AvgIpc) is 2.84. The molecule has 0 saturated carbocycles. The molecule has 2 rings (SSSR count). The van der Waals surface area contributed by atoms with E-state index in [1.165, 1.54) is 0 Å². The van der Waals surface area contributed by atoms with E-state index in [2.05, 4.69) is 24.4 Å². The Hall–Kier alpha value is -2.11. The van der Waals surface area contributed by atoms with Gasteiger partial charge < -0.3 is 14.4 Å². The second kappa shape index (κ2) is 6.36. The summed E-state index contributed by atoms with van der Waals surface area (Å²) in [4.78, 5) is 17.1. The Morgan fingerprint density at radius 2 is 1.95 bits per heavy atom. The van der Waals surface area contributed by atoms with Crippen LogP contribution in [0.25, 0.3) is 0 Å². The van der Waals surface area contributed by atoms with Crippen molar-refractivity contribution >= 4 is 11.8 Å². The van der Waals surface area contributed by atoms with Crippen molar-refractivity contribution in [3.63, 3.8) is 0 Å². The summed E-state index contributed by atoms with van der Waals surface area (Å²) in [5.74, 6) is 2.74. The van der Waals surface area contributed by atoms with E-state index in [-0.39, 0.29) is 0 Å². The van der Waals surface area contributed by atoms with Gasteiger partial charge in [-0.05, 0) is 19.4 Å². The van der Waals surface area contributed by atoms with Crippen molar-refractivity contribution in [1.29, 1.82) is 0 Å². The largest absolute Gasteiger partial charge is 0.363 e. The van der Waals surface area contributed by atoms with Crippen LogP contribution >= 0.6 is 0 Å². The van der Waals surface area contributed by atoms with Crippen LogP contribution in [0.1, 0.15) is 12.2 Å². The first-order chi connectivity index (χ1) is 9.58. The van der Waals surface area contributed by atoms with Crippen LogP contribution < -0.4 is 9.80 Å². The normalized spacial score (nSPS) is 10.6. The highest BCUT2D eigenvalue weighted by molar-refractivity contribution is 5.41. The maximum absolute atomic E-state index is 4.53. The molecule has 0 bridgehead atoms. The molecule has 2 aromatic heterocycles. The van der Waals surface area contributed by atoms with Gasteiger partial charge in [0.25, 0.3) is 0 Å². The van der Waals surface area contributed by atoms with Gasteiger partial charge in [0, 0.05) is 52.8 Å². The van der Waals surface area contributed by atoms with Gasteiger partial charge in [-0.1, -0.05) is 0 Å². The lowest BCUT2D eigenvalue weighted by atomic mass is 10.4. The van der Waals surface area contributed by atoms with E-state index in [0.717, 1.165) is 37.1 Å². The minimum absolute atomic E-state index is 0.763. The van der Waals surface area contributed by atoms with Gasteiger partial charge in [0.15, 0.2) is 0 Å². The van der Waals surface area contributed by atoms with Gasteiger partial charge in [-0.2, -0.15) is 4.98 Å². The Kier molecular flexibility index (Phi) is 4.55. The number of imidazole rings is 1. The summed E-state index contributed by atoms with van der Waals surface area (Å²) >= 11 is 0. The molecule has 0 aliphatic rings. The lowest BCUT2D eigenvalue weighted by Crippen LogP contribution is -2.23. The van der Waals surface area contributed by atoms with Crippen LogP contribution in [-0.4, -0.2) is 47.2 Å². The maximum Gasteiger partial charge on any atom is 0.226 e. The quantitative estimate of drug-likeness (QED) is 0.800. The van der Waals surface area contributed by atoms with E-state index < -0.39 is 0 Å². The van der Waals surface area contributed by atoms with Gasteiger partial charge in [-0.3, -0.25) is 0 Å². The summed E-state index contributed by atoms with van der Waals surface area (Å²) in [7, 11) is 5.98. The fourth-order valence-corrected chi connectivity index (χ4v) is 1.99. The molecule has 2 aromatic rings. The number of anilines is 2. The van der Waals surface area contributed by atoms with E-state index in [4.69, 9.17) is 0 Å². The first-order valence-corrected chi connectivity index (χ1v) is 6.77. The molecule has 0 amide bonds. The first-order valence-electron chi connectivity index (χ1n) is 6.77. The van der Waals surface area contributed by atoms with E-state index in [1.54, 1.807) is 6.20 Å². The van der Waals surface area contributed by atoms with Crippen molar-refractivity contribution < 1.29 is 0 Å². The number of nitrogens with zero attached hydrogens (tertiary/aromatic N) is 6. The minimum Gasteiger partial charge on any atom is -0.363 e. The molecule has 0 spiro atoms. The Bertz CT molecular complexity index is 548. The number of aryl methyl sites for hydroxylation is 2. The SMILES string of the molecule is Cc1nccn1CCCN(C)c1nccc(N(C)C)n1. The smallest absolute Gasteiger partial charge is 0.226 e. The predicted molar refractivity (Wildman–Crippen MR) is 81.2 cm³/mol. The van der Waals surface area contributed by atoms with Gasteiger partial charge in [-0.25, -0.2) is 9.97 Å². The molecule has 0 radical (unpaired) electrons. The van der Waals surface area contributed by atoms with Crippen LogP contribution in [-0.2, 0) is 6.54 Å². The Labute approximate surface area is 120 Å². The van der Waals surface area contributed by atoms with Crippen LogP contribution in [0, 0.1) is 6.92 Å². The number of rotatable bonds is 6. The van der Waals surface area contributed by atoms with Gasteiger partial charge in [0.1, 0.15) is 11.6 Å². The van der Waals surface area contributed by atoms with Crippen molar-refractivity contribution in [3.05, 3.63) is 30.5 Å². The summed E-state index contributed by atoms with van der Waals surface area (Å²) in [6, 6.07) is 1.91. The third kappa shape index (κ3) is 3.46. The van der Waals surface area contributed by atoms with Crippen LogP contribution in [0.15, 0.2) is 24.7 Å². The second-order valence-corrected chi connectivity index (χ2v) is 5.05. The van der Waals surface area contributed by atoms with Crippen LogP contribution in [0.5, 0.6) is 0 Å². The van der Waals surface area contributed by atoms with Gasteiger partial charge in [0.2, 0.25) is 5.95 Å². The first kappa shape index (κ1) is 14.3. The molecular formula is C14H22N6. The van der Waals surface area contributed by atoms with E-state index >= 15 is 0 Å². The van der Waals surface area contributed by atoms with Gasteiger partial charge in [-0.15, -0.1) is 0 Å². The third-order valence-electron chi connectivity index (χ3n) is 3.24. The molecule has 0 aromatic carbocycles. The van der Waals surface area contributed by atoms with E-state index in [0.29, 0.717) is 0 Å².